The van der Waals surface area contributed by atoms with Gasteiger partial charge in [-0.1, -0.05) is 28.1 Å². The first-order chi connectivity index (χ1) is 11.9. The van der Waals surface area contributed by atoms with Crippen LogP contribution < -0.4 is 9.47 Å². The van der Waals surface area contributed by atoms with Crippen molar-refractivity contribution < 1.29 is 17.9 Å². The molecule has 2 aliphatic heterocycles. The maximum Gasteiger partial charge on any atom is 0.247 e. The van der Waals surface area contributed by atoms with Crippen LogP contribution in [0.5, 0.6) is 11.5 Å². The van der Waals surface area contributed by atoms with Gasteiger partial charge in [-0.05, 0) is 35.9 Å². The van der Waals surface area contributed by atoms with Crippen LogP contribution in [0.15, 0.2) is 52.0 Å². The SMILES string of the molecule is CS(=O)(=O)N1N=C(c2ccc3c(c2)OCO3)C[C@@H]1c1ccc(Br)cc1. The van der Waals surface area contributed by atoms with Crippen LogP contribution >= 0.6 is 15.9 Å². The van der Waals surface area contributed by atoms with E-state index in [1.54, 1.807) is 0 Å². The lowest BCUT2D eigenvalue weighted by Gasteiger charge is -2.21. The van der Waals surface area contributed by atoms with Crippen LogP contribution in [0.2, 0.25) is 0 Å². The molecule has 8 heteroatoms. The molecule has 4 rings (SSSR count). The molecule has 2 heterocycles. The molecule has 0 N–H and O–H groups in total. The number of nitrogens with zero attached hydrogens (tertiary/aromatic N) is 2. The lowest BCUT2D eigenvalue weighted by atomic mass is 9.99. The fourth-order valence-corrected chi connectivity index (χ4v) is 4.15. The van der Waals surface area contributed by atoms with Crippen molar-refractivity contribution in [1.82, 2.24) is 4.41 Å². The van der Waals surface area contributed by atoms with Gasteiger partial charge in [-0.25, -0.2) is 8.42 Å². The van der Waals surface area contributed by atoms with E-state index < -0.39 is 10.0 Å². The number of ether oxygens (including phenoxy) is 2. The van der Waals surface area contributed by atoms with Crippen molar-refractivity contribution >= 4 is 31.7 Å². The molecule has 0 saturated heterocycles. The van der Waals surface area contributed by atoms with Crippen molar-refractivity contribution in [3.63, 3.8) is 0 Å². The highest BCUT2D eigenvalue weighted by molar-refractivity contribution is 9.10. The topological polar surface area (TPSA) is 68.2 Å². The Morgan fingerprint density at radius 2 is 1.84 bits per heavy atom. The lowest BCUT2D eigenvalue weighted by Crippen LogP contribution is -2.25. The zero-order valence-electron chi connectivity index (χ0n) is 13.3. The second kappa shape index (κ2) is 6.03. The monoisotopic (exact) mass is 422 g/mol. The summed E-state index contributed by atoms with van der Waals surface area (Å²) in [7, 11) is -3.48. The van der Waals surface area contributed by atoms with E-state index in [9.17, 15) is 8.42 Å². The highest BCUT2D eigenvalue weighted by Crippen LogP contribution is 2.38. The molecule has 1 atom stereocenters. The van der Waals surface area contributed by atoms with E-state index in [0.717, 1.165) is 15.6 Å². The molecular formula is C17H15BrN2O4S. The van der Waals surface area contributed by atoms with Crippen LogP contribution in [0, 0.1) is 0 Å². The van der Waals surface area contributed by atoms with E-state index in [1.807, 2.05) is 42.5 Å². The maximum absolute atomic E-state index is 12.2. The number of fused-ring (bicyclic) bond motifs is 1. The Morgan fingerprint density at radius 1 is 1.12 bits per heavy atom. The molecule has 0 unspecified atom stereocenters. The van der Waals surface area contributed by atoms with E-state index in [-0.39, 0.29) is 12.8 Å². The van der Waals surface area contributed by atoms with Gasteiger partial charge in [0.15, 0.2) is 11.5 Å². The number of hydrazone groups is 1. The van der Waals surface area contributed by atoms with E-state index in [1.165, 1.54) is 10.7 Å². The number of benzene rings is 2. The lowest BCUT2D eigenvalue weighted by molar-refractivity contribution is 0.174. The van der Waals surface area contributed by atoms with Gasteiger partial charge in [0, 0.05) is 16.5 Å². The third-order valence-corrected chi connectivity index (χ3v) is 5.72. The van der Waals surface area contributed by atoms with Gasteiger partial charge in [0.25, 0.3) is 0 Å². The summed E-state index contributed by atoms with van der Waals surface area (Å²) in [6.07, 6.45) is 1.67. The standard InChI is InChI=1S/C17H15BrN2O4S/c1-25(21,22)20-15(11-2-5-13(18)6-3-11)9-14(19-20)12-4-7-16-17(8-12)24-10-23-16/h2-8,15H,9-10H2,1H3/t15-/m1/s1. The van der Waals surface area contributed by atoms with Crippen LogP contribution in [-0.2, 0) is 10.0 Å². The first-order valence-electron chi connectivity index (χ1n) is 7.64. The molecule has 0 aromatic heterocycles. The number of hydrogen-bond donors (Lipinski definition) is 0. The smallest absolute Gasteiger partial charge is 0.247 e. The van der Waals surface area contributed by atoms with E-state index in [2.05, 4.69) is 21.0 Å². The molecule has 0 radical (unpaired) electrons. The normalized spacial score (nSPS) is 19.2. The van der Waals surface area contributed by atoms with Crippen LogP contribution in [0.3, 0.4) is 0 Å². The fourth-order valence-electron chi connectivity index (χ4n) is 2.98. The van der Waals surface area contributed by atoms with Gasteiger partial charge >= 0.3 is 0 Å². The number of rotatable bonds is 3. The minimum absolute atomic E-state index is 0.197. The fraction of sp³-hybridized carbons (Fsp3) is 0.235. The largest absolute Gasteiger partial charge is 0.454 e. The van der Waals surface area contributed by atoms with E-state index in [4.69, 9.17) is 9.47 Å². The molecule has 2 aliphatic rings. The third-order valence-electron chi connectivity index (χ3n) is 4.17. The second-order valence-corrected chi connectivity index (χ2v) is 8.68. The van der Waals surface area contributed by atoms with Gasteiger partial charge in [-0.3, -0.25) is 0 Å². The molecule has 130 valence electrons. The predicted molar refractivity (Wildman–Crippen MR) is 97.3 cm³/mol. The Balaban J connectivity index is 1.71. The summed E-state index contributed by atoms with van der Waals surface area (Å²) in [4.78, 5) is 0. The molecular weight excluding hydrogens is 408 g/mol. The minimum Gasteiger partial charge on any atom is -0.454 e. The molecule has 25 heavy (non-hydrogen) atoms. The Labute approximate surface area is 154 Å². The summed E-state index contributed by atoms with van der Waals surface area (Å²) in [6.45, 7) is 0.197. The number of halogens is 1. The highest BCUT2D eigenvalue weighted by atomic mass is 79.9. The zero-order chi connectivity index (χ0) is 17.6. The molecule has 0 fully saturated rings. The minimum atomic E-state index is -3.48. The highest BCUT2D eigenvalue weighted by Gasteiger charge is 2.34. The van der Waals surface area contributed by atoms with Crippen molar-refractivity contribution in [1.29, 1.82) is 0 Å². The maximum atomic E-state index is 12.2. The predicted octanol–water partition coefficient (Wildman–Crippen LogP) is 3.29. The summed E-state index contributed by atoms with van der Waals surface area (Å²) in [6, 6.07) is 12.8. The van der Waals surface area contributed by atoms with Gasteiger partial charge in [-0.15, -0.1) is 0 Å². The van der Waals surface area contributed by atoms with Crippen molar-refractivity contribution in [2.45, 2.75) is 12.5 Å². The Morgan fingerprint density at radius 3 is 2.56 bits per heavy atom. The summed E-state index contributed by atoms with van der Waals surface area (Å²) in [5.41, 5.74) is 2.43. The average Bonchev–Trinajstić information content (AvgIpc) is 3.21. The van der Waals surface area contributed by atoms with Crippen molar-refractivity contribution in [2.24, 2.45) is 5.10 Å². The molecule has 0 saturated carbocycles. The van der Waals surface area contributed by atoms with Crippen LogP contribution in [0.1, 0.15) is 23.6 Å². The van der Waals surface area contributed by atoms with Gasteiger partial charge in [0.1, 0.15) is 0 Å². The number of sulfonamides is 1. The molecule has 0 aliphatic carbocycles. The average molecular weight is 423 g/mol. The zero-order valence-corrected chi connectivity index (χ0v) is 15.7. The van der Waals surface area contributed by atoms with Crippen molar-refractivity contribution in [2.75, 3.05) is 13.0 Å². The van der Waals surface area contributed by atoms with Crippen LogP contribution in [0.4, 0.5) is 0 Å². The first kappa shape index (κ1) is 16.4. The summed E-state index contributed by atoms with van der Waals surface area (Å²) >= 11 is 3.40. The second-order valence-electron chi connectivity index (χ2n) is 5.92. The summed E-state index contributed by atoms with van der Waals surface area (Å²) in [5.74, 6) is 1.34. The third kappa shape index (κ3) is 3.11. The Bertz CT molecular complexity index is 957. The van der Waals surface area contributed by atoms with Crippen molar-refractivity contribution in [3.05, 3.63) is 58.1 Å². The Kier molecular flexibility index (Phi) is 3.96. The molecule has 0 spiro atoms. The van der Waals surface area contributed by atoms with Gasteiger partial charge in [-0.2, -0.15) is 9.52 Å². The molecule has 2 aromatic carbocycles. The molecule has 6 nitrogen and oxygen atoms in total. The first-order valence-corrected chi connectivity index (χ1v) is 10.3. The van der Waals surface area contributed by atoms with E-state index >= 15 is 0 Å². The van der Waals surface area contributed by atoms with Crippen LogP contribution in [0.25, 0.3) is 0 Å². The van der Waals surface area contributed by atoms with E-state index in [0.29, 0.717) is 23.6 Å². The Hall–Kier alpha value is -2.06. The van der Waals surface area contributed by atoms with Gasteiger partial charge < -0.3 is 9.47 Å². The molecule has 0 amide bonds. The quantitative estimate of drug-likeness (QED) is 0.760. The molecule has 2 aromatic rings. The van der Waals surface area contributed by atoms with Crippen molar-refractivity contribution in [3.8, 4) is 11.5 Å². The number of hydrogen-bond acceptors (Lipinski definition) is 5. The summed E-state index contributed by atoms with van der Waals surface area (Å²) in [5, 5.41) is 4.39. The van der Waals surface area contributed by atoms with Gasteiger partial charge in [0.05, 0.1) is 18.0 Å². The van der Waals surface area contributed by atoms with Gasteiger partial charge in [0.2, 0.25) is 16.8 Å². The van der Waals surface area contributed by atoms with Crippen LogP contribution in [-0.4, -0.2) is 31.6 Å². The summed E-state index contributed by atoms with van der Waals surface area (Å²) < 4.78 is 37.3. The molecule has 0 bridgehead atoms.